The van der Waals surface area contributed by atoms with Crippen LogP contribution in [0.25, 0.3) is 0 Å². The fraction of sp³-hybridized carbons (Fsp3) is 0.190. The predicted molar refractivity (Wildman–Crippen MR) is 110 cm³/mol. The van der Waals surface area contributed by atoms with Gasteiger partial charge < -0.3 is 9.64 Å². The maximum atomic E-state index is 12.4. The summed E-state index contributed by atoms with van der Waals surface area (Å²) < 4.78 is 5.61. The molecule has 0 aliphatic carbocycles. The third kappa shape index (κ3) is 5.65. The Balaban J connectivity index is 1.46. The van der Waals surface area contributed by atoms with Crippen LogP contribution in [0.5, 0.6) is 5.75 Å². The maximum Gasteiger partial charge on any atom is 0.257 e. The van der Waals surface area contributed by atoms with Crippen LogP contribution in [0.4, 0.5) is 5.13 Å². The molecule has 3 rings (SSSR count). The largest absolute Gasteiger partial charge is 0.492 e. The fourth-order valence-corrected chi connectivity index (χ4v) is 3.14. The first-order valence-electron chi connectivity index (χ1n) is 8.84. The number of anilines is 1. The minimum absolute atomic E-state index is 0.0529. The van der Waals surface area contributed by atoms with Crippen LogP contribution in [0.15, 0.2) is 66.0 Å². The van der Waals surface area contributed by atoms with Gasteiger partial charge in [-0.3, -0.25) is 14.9 Å². The number of para-hydroxylation sites is 1. The van der Waals surface area contributed by atoms with E-state index in [0.29, 0.717) is 29.5 Å². The van der Waals surface area contributed by atoms with E-state index in [2.05, 4.69) is 10.3 Å². The molecule has 0 saturated heterocycles. The number of aromatic nitrogens is 1. The molecule has 2 amide bonds. The first-order chi connectivity index (χ1) is 13.6. The van der Waals surface area contributed by atoms with Crippen molar-refractivity contribution in [2.75, 3.05) is 25.5 Å². The van der Waals surface area contributed by atoms with E-state index in [4.69, 9.17) is 4.74 Å². The molecule has 6 nitrogen and oxygen atoms in total. The Morgan fingerprint density at radius 2 is 1.75 bits per heavy atom. The number of nitrogens with zero attached hydrogens (tertiary/aromatic N) is 2. The Kier molecular flexibility index (Phi) is 6.75. The van der Waals surface area contributed by atoms with Crippen LogP contribution in [0.2, 0.25) is 0 Å². The van der Waals surface area contributed by atoms with Gasteiger partial charge >= 0.3 is 0 Å². The van der Waals surface area contributed by atoms with Crippen LogP contribution in [-0.4, -0.2) is 41.9 Å². The molecule has 2 aromatic carbocycles. The molecule has 1 aromatic heterocycles. The van der Waals surface area contributed by atoms with E-state index in [1.54, 1.807) is 41.6 Å². The SMILES string of the molecule is CN(CCOc1ccccc1)C(=O)Cc1csc(NC(=O)c2ccccc2)n1. The summed E-state index contributed by atoms with van der Waals surface area (Å²) in [6.45, 7) is 0.900. The van der Waals surface area contributed by atoms with Crippen molar-refractivity contribution < 1.29 is 14.3 Å². The smallest absolute Gasteiger partial charge is 0.257 e. The molecule has 1 N–H and O–H groups in total. The van der Waals surface area contributed by atoms with Crippen LogP contribution in [-0.2, 0) is 11.2 Å². The maximum absolute atomic E-state index is 12.4. The van der Waals surface area contributed by atoms with Gasteiger partial charge in [0, 0.05) is 18.0 Å². The molecule has 0 saturated carbocycles. The number of amides is 2. The van der Waals surface area contributed by atoms with Gasteiger partial charge in [-0.1, -0.05) is 36.4 Å². The van der Waals surface area contributed by atoms with E-state index in [-0.39, 0.29) is 18.2 Å². The lowest BCUT2D eigenvalue weighted by Gasteiger charge is -2.17. The minimum atomic E-state index is -0.219. The first-order valence-corrected chi connectivity index (χ1v) is 9.72. The van der Waals surface area contributed by atoms with E-state index in [9.17, 15) is 9.59 Å². The van der Waals surface area contributed by atoms with Gasteiger partial charge in [-0.2, -0.15) is 0 Å². The molecular formula is C21H21N3O3S. The highest BCUT2D eigenvalue weighted by molar-refractivity contribution is 7.14. The van der Waals surface area contributed by atoms with Crippen molar-refractivity contribution in [1.82, 2.24) is 9.88 Å². The van der Waals surface area contributed by atoms with Crippen LogP contribution in [0.3, 0.4) is 0 Å². The second kappa shape index (κ2) is 9.66. The standard InChI is InChI=1S/C21H21N3O3S/c1-24(12-13-27-18-10-6-3-7-11-18)19(25)14-17-15-28-21(22-17)23-20(26)16-8-4-2-5-9-16/h2-11,15H,12-14H2,1H3,(H,22,23,26). The molecule has 28 heavy (non-hydrogen) atoms. The van der Waals surface area contributed by atoms with Gasteiger partial charge in [0.05, 0.1) is 18.7 Å². The first kappa shape index (κ1) is 19.6. The van der Waals surface area contributed by atoms with Crippen LogP contribution >= 0.6 is 11.3 Å². The molecule has 0 atom stereocenters. The molecule has 0 fully saturated rings. The number of hydrogen-bond donors (Lipinski definition) is 1. The number of rotatable bonds is 8. The average molecular weight is 395 g/mol. The number of likely N-dealkylation sites (N-methyl/N-ethyl adjacent to an activating group) is 1. The number of thiazole rings is 1. The number of carbonyl (C=O) groups excluding carboxylic acids is 2. The summed E-state index contributed by atoms with van der Waals surface area (Å²) in [6.07, 6.45) is 0.180. The van der Waals surface area contributed by atoms with Gasteiger partial charge in [0.25, 0.3) is 5.91 Å². The Labute approximate surface area is 167 Å². The zero-order valence-electron chi connectivity index (χ0n) is 15.5. The van der Waals surface area contributed by atoms with E-state index in [1.807, 2.05) is 36.4 Å². The van der Waals surface area contributed by atoms with Crippen molar-refractivity contribution in [3.63, 3.8) is 0 Å². The average Bonchev–Trinajstić information content (AvgIpc) is 3.16. The minimum Gasteiger partial charge on any atom is -0.492 e. The molecular weight excluding hydrogens is 374 g/mol. The number of hydrogen-bond acceptors (Lipinski definition) is 5. The Morgan fingerprint density at radius 1 is 1.07 bits per heavy atom. The quantitative estimate of drug-likeness (QED) is 0.634. The van der Waals surface area contributed by atoms with Crippen LogP contribution < -0.4 is 10.1 Å². The number of nitrogens with one attached hydrogen (secondary N) is 1. The predicted octanol–water partition coefficient (Wildman–Crippen LogP) is 3.48. The molecule has 1 heterocycles. The highest BCUT2D eigenvalue weighted by Crippen LogP contribution is 2.17. The number of ether oxygens (including phenoxy) is 1. The zero-order valence-corrected chi connectivity index (χ0v) is 16.3. The molecule has 0 radical (unpaired) electrons. The van der Waals surface area contributed by atoms with Gasteiger partial charge in [0.15, 0.2) is 5.13 Å². The van der Waals surface area contributed by atoms with Gasteiger partial charge in [-0.05, 0) is 24.3 Å². The molecule has 7 heteroatoms. The highest BCUT2D eigenvalue weighted by atomic mass is 32.1. The second-order valence-electron chi connectivity index (χ2n) is 6.12. The van der Waals surface area contributed by atoms with Crippen molar-refractivity contribution >= 4 is 28.3 Å². The van der Waals surface area contributed by atoms with E-state index in [0.717, 1.165) is 5.75 Å². The van der Waals surface area contributed by atoms with Crippen molar-refractivity contribution in [2.24, 2.45) is 0 Å². The Morgan fingerprint density at radius 3 is 2.46 bits per heavy atom. The summed E-state index contributed by atoms with van der Waals surface area (Å²) in [4.78, 5) is 30.5. The normalized spacial score (nSPS) is 10.3. The van der Waals surface area contributed by atoms with Gasteiger partial charge in [-0.25, -0.2) is 4.98 Å². The lowest BCUT2D eigenvalue weighted by molar-refractivity contribution is -0.129. The second-order valence-corrected chi connectivity index (χ2v) is 6.98. The summed E-state index contributed by atoms with van der Waals surface area (Å²) in [7, 11) is 1.74. The van der Waals surface area contributed by atoms with Crippen molar-refractivity contribution in [3.05, 3.63) is 77.3 Å². The number of benzene rings is 2. The van der Waals surface area contributed by atoms with Crippen LogP contribution in [0, 0.1) is 0 Å². The molecule has 0 unspecified atom stereocenters. The molecule has 0 bridgehead atoms. The fourth-order valence-electron chi connectivity index (χ4n) is 2.44. The van der Waals surface area contributed by atoms with Crippen molar-refractivity contribution in [1.29, 1.82) is 0 Å². The van der Waals surface area contributed by atoms with Gasteiger partial charge in [-0.15, -0.1) is 11.3 Å². The van der Waals surface area contributed by atoms with Crippen LogP contribution in [0.1, 0.15) is 16.1 Å². The van der Waals surface area contributed by atoms with Gasteiger partial charge in [0.1, 0.15) is 12.4 Å². The molecule has 0 spiro atoms. The van der Waals surface area contributed by atoms with Crippen molar-refractivity contribution in [2.45, 2.75) is 6.42 Å². The summed E-state index contributed by atoms with van der Waals surface area (Å²) in [5.41, 5.74) is 1.20. The lowest BCUT2D eigenvalue weighted by atomic mass is 10.2. The topological polar surface area (TPSA) is 71.5 Å². The molecule has 3 aromatic rings. The monoisotopic (exact) mass is 395 g/mol. The lowest BCUT2D eigenvalue weighted by Crippen LogP contribution is -2.32. The van der Waals surface area contributed by atoms with E-state index >= 15 is 0 Å². The molecule has 144 valence electrons. The highest BCUT2D eigenvalue weighted by Gasteiger charge is 2.14. The Hall–Kier alpha value is -3.19. The van der Waals surface area contributed by atoms with E-state index in [1.165, 1.54) is 11.3 Å². The number of carbonyl (C=O) groups is 2. The zero-order chi connectivity index (χ0) is 19.8. The molecule has 0 aliphatic rings. The third-order valence-corrected chi connectivity index (χ3v) is 4.81. The third-order valence-electron chi connectivity index (χ3n) is 4.00. The summed E-state index contributed by atoms with van der Waals surface area (Å²) >= 11 is 1.30. The molecule has 0 aliphatic heterocycles. The van der Waals surface area contributed by atoms with Gasteiger partial charge in [0.2, 0.25) is 5.91 Å². The summed E-state index contributed by atoms with van der Waals surface area (Å²) in [6, 6.07) is 18.4. The van der Waals surface area contributed by atoms with E-state index < -0.39 is 0 Å². The summed E-state index contributed by atoms with van der Waals surface area (Å²) in [5, 5.41) is 5.02. The summed E-state index contributed by atoms with van der Waals surface area (Å²) in [5.74, 6) is 0.507. The Bertz CT molecular complexity index is 913. The van der Waals surface area contributed by atoms with Crippen molar-refractivity contribution in [3.8, 4) is 5.75 Å².